The molecule has 0 aliphatic heterocycles. The molecule has 20 heavy (non-hydrogen) atoms. The molecule has 1 saturated carbocycles. The first-order valence-electron chi connectivity index (χ1n) is 7.20. The van der Waals surface area contributed by atoms with Crippen LogP contribution < -0.4 is 5.73 Å². The third kappa shape index (κ3) is 3.81. The van der Waals surface area contributed by atoms with Crippen LogP contribution in [0.4, 0.5) is 0 Å². The van der Waals surface area contributed by atoms with Gasteiger partial charge in [0.2, 0.25) is 10.0 Å². The molecule has 0 bridgehead atoms. The highest BCUT2D eigenvalue weighted by Gasteiger charge is 2.37. The lowest BCUT2D eigenvalue weighted by molar-refractivity contribution is 0.359. The molecule has 1 aliphatic carbocycles. The molecule has 0 unspecified atom stereocenters. The lowest BCUT2D eigenvalue weighted by Gasteiger charge is -2.24. The Kier molecular flexibility index (Phi) is 4.83. The number of rotatable bonds is 7. The molecular weight excluding hydrogens is 272 g/mol. The highest BCUT2D eigenvalue weighted by Crippen LogP contribution is 2.31. The molecule has 0 amide bonds. The van der Waals surface area contributed by atoms with E-state index in [1.54, 1.807) is 4.31 Å². The quantitative estimate of drug-likeness (QED) is 0.838. The first-order valence-corrected chi connectivity index (χ1v) is 8.81. The zero-order valence-corrected chi connectivity index (χ0v) is 13.1. The van der Waals surface area contributed by atoms with Gasteiger partial charge in [-0.2, -0.15) is 4.31 Å². The second-order valence-corrected chi connectivity index (χ2v) is 7.85. The molecule has 2 rings (SSSR count). The first-order chi connectivity index (χ1) is 9.44. The van der Waals surface area contributed by atoms with Crippen molar-refractivity contribution in [2.24, 2.45) is 11.7 Å². The summed E-state index contributed by atoms with van der Waals surface area (Å²) in [4.78, 5) is 0. The van der Waals surface area contributed by atoms with Crippen LogP contribution in [0.15, 0.2) is 24.3 Å². The minimum Gasteiger partial charge on any atom is -0.326 e. The molecule has 5 heteroatoms. The first kappa shape index (κ1) is 15.5. The summed E-state index contributed by atoms with van der Waals surface area (Å²) in [6, 6.07) is 7.74. The molecule has 0 aromatic heterocycles. The molecule has 0 heterocycles. The van der Waals surface area contributed by atoms with E-state index in [4.69, 9.17) is 5.73 Å². The van der Waals surface area contributed by atoms with Crippen molar-refractivity contribution < 1.29 is 8.42 Å². The van der Waals surface area contributed by atoms with Gasteiger partial charge in [-0.1, -0.05) is 38.1 Å². The van der Waals surface area contributed by atoms with Gasteiger partial charge in [0, 0.05) is 19.1 Å². The Morgan fingerprint density at radius 1 is 1.25 bits per heavy atom. The van der Waals surface area contributed by atoms with Crippen molar-refractivity contribution in [3.63, 3.8) is 0 Å². The van der Waals surface area contributed by atoms with E-state index in [1.165, 1.54) is 0 Å². The van der Waals surface area contributed by atoms with Gasteiger partial charge in [0.15, 0.2) is 0 Å². The molecule has 0 saturated heterocycles. The largest absolute Gasteiger partial charge is 0.326 e. The van der Waals surface area contributed by atoms with Gasteiger partial charge in [0.05, 0.1) is 5.75 Å². The van der Waals surface area contributed by atoms with Crippen molar-refractivity contribution in [1.29, 1.82) is 0 Å². The number of sulfonamides is 1. The number of hydrogen-bond acceptors (Lipinski definition) is 3. The van der Waals surface area contributed by atoms with Gasteiger partial charge >= 0.3 is 0 Å². The fourth-order valence-electron chi connectivity index (χ4n) is 2.39. The van der Waals surface area contributed by atoms with E-state index < -0.39 is 10.0 Å². The maximum Gasteiger partial charge on any atom is 0.218 e. The van der Waals surface area contributed by atoms with Gasteiger partial charge in [0.1, 0.15) is 0 Å². The minimum absolute atomic E-state index is 0.0591. The normalized spacial score (nSPS) is 16.1. The standard InChI is InChI=1S/C15H24N2O2S/c1-12(2)10-17(15-7-8-15)20(18,19)11-14-6-4-3-5-13(14)9-16/h3-6,12,15H,7-11,16H2,1-2H3. The number of benzene rings is 1. The summed E-state index contributed by atoms with van der Waals surface area (Å²) in [7, 11) is -3.26. The molecule has 0 radical (unpaired) electrons. The Morgan fingerprint density at radius 3 is 2.35 bits per heavy atom. The van der Waals surface area contributed by atoms with Crippen molar-refractivity contribution in [3.05, 3.63) is 35.4 Å². The van der Waals surface area contributed by atoms with E-state index in [0.717, 1.165) is 24.0 Å². The van der Waals surface area contributed by atoms with Gasteiger partial charge < -0.3 is 5.73 Å². The summed E-state index contributed by atoms with van der Waals surface area (Å²) in [6.45, 7) is 5.09. The molecule has 112 valence electrons. The van der Waals surface area contributed by atoms with Gasteiger partial charge in [0.25, 0.3) is 0 Å². The molecule has 1 fully saturated rings. The maximum absolute atomic E-state index is 12.7. The van der Waals surface area contributed by atoms with E-state index in [2.05, 4.69) is 13.8 Å². The van der Waals surface area contributed by atoms with Crippen LogP contribution in [0.25, 0.3) is 0 Å². The predicted molar refractivity (Wildman–Crippen MR) is 81.5 cm³/mol. The summed E-state index contributed by atoms with van der Waals surface area (Å²) in [5, 5.41) is 0. The summed E-state index contributed by atoms with van der Waals surface area (Å²) in [5.41, 5.74) is 7.43. The molecule has 1 aliphatic rings. The van der Waals surface area contributed by atoms with Crippen molar-refractivity contribution in [2.45, 2.75) is 45.0 Å². The van der Waals surface area contributed by atoms with E-state index >= 15 is 0 Å². The van der Waals surface area contributed by atoms with Crippen LogP contribution in [0.5, 0.6) is 0 Å². The Labute approximate surface area is 122 Å². The second-order valence-electron chi connectivity index (χ2n) is 5.92. The van der Waals surface area contributed by atoms with Gasteiger partial charge in [-0.25, -0.2) is 8.42 Å². The van der Waals surface area contributed by atoms with E-state index in [1.807, 2.05) is 24.3 Å². The van der Waals surface area contributed by atoms with Gasteiger partial charge in [-0.3, -0.25) is 0 Å². The monoisotopic (exact) mass is 296 g/mol. The van der Waals surface area contributed by atoms with Crippen LogP contribution in [0, 0.1) is 5.92 Å². The topological polar surface area (TPSA) is 63.4 Å². The number of nitrogens with zero attached hydrogens (tertiary/aromatic N) is 1. The molecule has 0 spiro atoms. The molecule has 1 aromatic carbocycles. The third-order valence-corrected chi connectivity index (χ3v) is 5.37. The second kappa shape index (κ2) is 6.24. The lowest BCUT2D eigenvalue weighted by Crippen LogP contribution is -2.37. The highest BCUT2D eigenvalue weighted by atomic mass is 32.2. The van der Waals surface area contributed by atoms with Gasteiger partial charge in [-0.15, -0.1) is 0 Å². The van der Waals surface area contributed by atoms with Crippen LogP contribution in [0.3, 0.4) is 0 Å². The number of nitrogens with two attached hydrogens (primary N) is 1. The van der Waals surface area contributed by atoms with Crippen LogP contribution in [0.2, 0.25) is 0 Å². The van der Waals surface area contributed by atoms with Gasteiger partial charge in [-0.05, 0) is 29.9 Å². The summed E-state index contributed by atoms with van der Waals surface area (Å²) >= 11 is 0. The highest BCUT2D eigenvalue weighted by molar-refractivity contribution is 7.88. The summed E-state index contributed by atoms with van der Waals surface area (Å²) in [6.07, 6.45) is 1.98. The fraction of sp³-hybridized carbons (Fsp3) is 0.600. The molecule has 1 aromatic rings. The Balaban J connectivity index is 2.20. The lowest BCUT2D eigenvalue weighted by atomic mass is 10.1. The van der Waals surface area contributed by atoms with E-state index in [-0.39, 0.29) is 11.8 Å². The summed E-state index contributed by atoms with van der Waals surface area (Å²) < 4.78 is 27.0. The van der Waals surface area contributed by atoms with Crippen molar-refractivity contribution in [1.82, 2.24) is 4.31 Å². The predicted octanol–water partition coefficient (Wildman–Crippen LogP) is 2.10. The Morgan fingerprint density at radius 2 is 1.85 bits per heavy atom. The average molecular weight is 296 g/mol. The fourth-order valence-corrected chi connectivity index (χ4v) is 4.42. The third-order valence-electron chi connectivity index (χ3n) is 3.53. The van der Waals surface area contributed by atoms with Crippen molar-refractivity contribution >= 4 is 10.0 Å². The van der Waals surface area contributed by atoms with Crippen LogP contribution in [-0.2, 0) is 22.3 Å². The van der Waals surface area contributed by atoms with Crippen LogP contribution in [0.1, 0.15) is 37.8 Å². The number of hydrogen-bond donors (Lipinski definition) is 1. The van der Waals surface area contributed by atoms with E-state index in [0.29, 0.717) is 19.0 Å². The van der Waals surface area contributed by atoms with Crippen LogP contribution >= 0.6 is 0 Å². The van der Waals surface area contributed by atoms with Crippen molar-refractivity contribution in [2.75, 3.05) is 6.54 Å². The zero-order valence-electron chi connectivity index (χ0n) is 12.2. The summed E-state index contributed by atoms with van der Waals surface area (Å²) in [5.74, 6) is 0.402. The zero-order chi connectivity index (χ0) is 14.8. The molecular formula is C15H24N2O2S. The molecule has 2 N–H and O–H groups in total. The average Bonchev–Trinajstić information content (AvgIpc) is 3.20. The van der Waals surface area contributed by atoms with Crippen LogP contribution in [-0.4, -0.2) is 25.3 Å². The minimum atomic E-state index is -3.26. The van der Waals surface area contributed by atoms with Crippen molar-refractivity contribution in [3.8, 4) is 0 Å². The SMILES string of the molecule is CC(C)CN(C1CC1)S(=O)(=O)Cc1ccccc1CN. The van der Waals surface area contributed by atoms with E-state index in [9.17, 15) is 8.42 Å². The molecule has 0 atom stereocenters. The maximum atomic E-state index is 12.7. The Hall–Kier alpha value is -0.910. The molecule has 4 nitrogen and oxygen atoms in total. The smallest absolute Gasteiger partial charge is 0.218 e. The Bertz CT molecular complexity index is 551.